The standard InChI is InChI=1S/C13H11NO6/c1-17-10-3-2-9-7(5-18-6-19-9)12(10)11-4-8(13(15)16)14-20-11/h2-4H,5-6H2,1H3,(H,15,16). The summed E-state index contributed by atoms with van der Waals surface area (Å²) in [4.78, 5) is 10.9. The molecule has 3 rings (SSSR count). The van der Waals surface area contributed by atoms with Crippen LogP contribution in [0.3, 0.4) is 0 Å². The van der Waals surface area contributed by atoms with E-state index in [1.807, 2.05) is 0 Å². The number of benzene rings is 1. The van der Waals surface area contributed by atoms with Crippen LogP contribution in [0.4, 0.5) is 0 Å². The highest BCUT2D eigenvalue weighted by Crippen LogP contribution is 2.40. The molecule has 0 unspecified atom stereocenters. The molecule has 7 nitrogen and oxygen atoms in total. The van der Waals surface area contributed by atoms with Gasteiger partial charge in [-0.15, -0.1) is 0 Å². The molecule has 0 aliphatic carbocycles. The summed E-state index contributed by atoms with van der Waals surface area (Å²) in [7, 11) is 1.52. The molecule has 104 valence electrons. The molecule has 7 heteroatoms. The van der Waals surface area contributed by atoms with E-state index in [0.717, 1.165) is 5.56 Å². The fourth-order valence-corrected chi connectivity index (χ4v) is 2.07. The summed E-state index contributed by atoms with van der Waals surface area (Å²) >= 11 is 0. The van der Waals surface area contributed by atoms with E-state index in [2.05, 4.69) is 5.16 Å². The van der Waals surface area contributed by atoms with Gasteiger partial charge in [0, 0.05) is 11.6 Å². The molecule has 2 aromatic rings. The molecule has 2 heterocycles. The lowest BCUT2D eigenvalue weighted by Gasteiger charge is -2.21. The lowest BCUT2D eigenvalue weighted by molar-refractivity contribution is -0.0162. The van der Waals surface area contributed by atoms with Crippen molar-refractivity contribution in [2.75, 3.05) is 13.9 Å². The van der Waals surface area contributed by atoms with Crippen molar-refractivity contribution in [2.45, 2.75) is 6.61 Å². The zero-order valence-electron chi connectivity index (χ0n) is 10.6. The van der Waals surface area contributed by atoms with Gasteiger partial charge in [0.05, 0.1) is 19.3 Å². The topological polar surface area (TPSA) is 91.0 Å². The lowest BCUT2D eigenvalue weighted by Crippen LogP contribution is -2.12. The SMILES string of the molecule is COc1ccc2c(c1-c1cc(C(=O)O)no1)COCO2. The molecule has 0 spiro atoms. The Bertz CT molecular complexity index is 663. The molecule has 0 atom stereocenters. The van der Waals surface area contributed by atoms with Crippen LogP contribution in [0.15, 0.2) is 22.7 Å². The second-order valence-corrected chi connectivity index (χ2v) is 4.11. The van der Waals surface area contributed by atoms with Crippen LogP contribution in [-0.4, -0.2) is 30.1 Å². The summed E-state index contributed by atoms with van der Waals surface area (Å²) in [5, 5.41) is 12.4. The maximum Gasteiger partial charge on any atom is 0.358 e. The molecule has 0 bridgehead atoms. The predicted octanol–water partition coefficient (Wildman–Crippen LogP) is 1.91. The van der Waals surface area contributed by atoms with Crippen molar-refractivity contribution in [1.29, 1.82) is 0 Å². The van der Waals surface area contributed by atoms with Crippen molar-refractivity contribution < 1.29 is 28.6 Å². The molecular formula is C13H11NO6. The van der Waals surface area contributed by atoms with E-state index in [4.69, 9.17) is 23.8 Å². The van der Waals surface area contributed by atoms with Gasteiger partial charge in [-0.3, -0.25) is 0 Å². The molecule has 1 aromatic carbocycles. The number of aromatic carboxylic acids is 1. The Hall–Kier alpha value is -2.54. The summed E-state index contributed by atoms with van der Waals surface area (Å²) < 4.78 is 21.0. The van der Waals surface area contributed by atoms with E-state index in [9.17, 15) is 4.79 Å². The van der Waals surface area contributed by atoms with Gasteiger partial charge < -0.3 is 23.8 Å². The molecule has 0 amide bonds. The molecule has 1 aliphatic rings. The first-order valence-electron chi connectivity index (χ1n) is 5.81. The molecular weight excluding hydrogens is 266 g/mol. The van der Waals surface area contributed by atoms with Gasteiger partial charge in [0.2, 0.25) is 0 Å². The average molecular weight is 277 g/mol. The molecule has 1 aromatic heterocycles. The van der Waals surface area contributed by atoms with Crippen LogP contribution in [-0.2, 0) is 11.3 Å². The van der Waals surface area contributed by atoms with Crippen LogP contribution in [0.2, 0.25) is 0 Å². The number of fused-ring (bicyclic) bond motifs is 1. The molecule has 20 heavy (non-hydrogen) atoms. The summed E-state index contributed by atoms with van der Waals surface area (Å²) in [6, 6.07) is 4.84. The van der Waals surface area contributed by atoms with Crippen molar-refractivity contribution in [2.24, 2.45) is 0 Å². The monoisotopic (exact) mass is 277 g/mol. The van der Waals surface area contributed by atoms with Gasteiger partial charge in [0.15, 0.2) is 18.2 Å². The number of ether oxygens (including phenoxy) is 3. The first-order chi connectivity index (χ1) is 9.70. The number of carboxylic acid groups (broad SMARTS) is 1. The lowest BCUT2D eigenvalue weighted by atomic mass is 10.0. The number of nitrogens with zero attached hydrogens (tertiary/aromatic N) is 1. The minimum atomic E-state index is -1.16. The number of carbonyl (C=O) groups is 1. The van der Waals surface area contributed by atoms with Crippen molar-refractivity contribution in [3.05, 3.63) is 29.5 Å². The largest absolute Gasteiger partial charge is 0.496 e. The third-order valence-corrected chi connectivity index (χ3v) is 2.97. The van der Waals surface area contributed by atoms with Crippen LogP contribution < -0.4 is 9.47 Å². The number of methoxy groups -OCH3 is 1. The minimum absolute atomic E-state index is 0.169. The van der Waals surface area contributed by atoms with Gasteiger partial charge in [0.1, 0.15) is 11.5 Å². The molecule has 0 radical (unpaired) electrons. The second-order valence-electron chi connectivity index (χ2n) is 4.11. The third kappa shape index (κ3) is 1.97. The first-order valence-corrected chi connectivity index (χ1v) is 5.81. The van der Waals surface area contributed by atoms with Gasteiger partial charge in [-0.25, -0.2) is 4.79 Å². The molecule has 0 saturated carbocycles. The normalized spacial score (nSPS) is 13.4. The van der Waals surface area contributed by atoms with Crippen molar-refractivity contribution in [1.82, 2.24) is 5.16 Å². The molecule has 1 aliphatic heterocycles. The zero-order valence-corrected chi connectivity index (χ0v) is 10.6. The maximum atomic E-state index is 10.9. The van der Waals surface area contributed by atoms with Gasteiger partial charge in [0.25, 0.3) is 0 Å². The van der Waals surface area contributed by atoms with Gasteiger partial charge >= 0.3 is 5.97 Å². The fourth-order valence-electron chi connectivity index (χ4n) is 2.07. The second kappa shape index (κ2) is 4.86. The summed E-state index contributed by atoms with van der Waals surface area (Å²) in [6.07, 6.45) is 0. The minimum Gasteiger partial charge on any atom is -0.496 e. The average Bonchev–Trinajstić information content (AvgIpc) is 2.95. The van der Waals surface area contributed by atoms with Gasteiger partial charge in [-0.05, 0) is 12.1 Å². The van der Waals surface area contributed by atoms with E-state index in [1.54, 1.807) is 12.1 Å². The van der Waals surface area contributed by atoms with Crippen LogP contribution >= 0.6 is 0 Å². The Balaban J connectivity index is 2.17. The van der Waals surface area contributed by atoms with E-state index in [0.29, 0.717) is 29.4 Å². The Morgan fingerprint density at radius 1 is 1.45 bits per heavy atom. The van der Waals surface area contributed by atoms with Crippen molar-refractivity contribution in [3.63, 3.8) is 0 Å². The zero-order chi connectivity index (χ0) is 14.1. The van der Waals surface area contributed by atoms with Crippen LogP contribution in [0.1, 0.15) is 16.1 Å². The highest BCUT2D eigenvalue weighted by molar-refractivity contribution is 5.87. The number of hydrogen-bond acceptors (Lipinski definition) is 6. The Morgan fingerprint density at radius 3 is 3.00 bits per heavy atom. The van der Waals surface area contributed by atoms with E-state index in [-0.39, 0.29) is 12.5 Å². The number of rotatable bonds is 3. The van der Waals surface area contributed by atoms with Crippen molar-refractivity contribution >= 4 is 5.97 Å². The van der Waals surface area contributed by atoms with Crippen LogP contribution in [0.25, 0.3) is 11.3 Å². The number of aromatic nitrogens is 1. The molecule has 1 N–H and O–H groups in total. The third-order valence-electron chi connectivity index (χ3n) is 2.97. The van der Waals surface area contributed by atoms with Crippen LogP contribution in [0.5, 0.6) is 11.5 Å². The van der Waals surface area contributed by atoms with Gasteiger partial charge in [-0.1, -0.05) is 5.16 Å². The smallest absolute Gasteiger partial charge is 0.358 e. The first kappa shape index (κ1) is 12.5. The Morgan fingerprint density at radius 2 is 2.30 bits per heavy atom. The molecule has 0 fully saturated rings. The predicted molar refractivity (Wildman–Crippen MR) is 65.7 cm³/mol. The summed E-state index contributed by atoms with van der Waals surface area (Å²) in [5.74, 6) is 0.327. The van der Waals surface area contributed by atoms with E-state index in [1.165, 1.54) is 13.2 Å². The number of carboxylic acids is 1. The quantitative estimate of drug-likeness (QED) is 0.916. The molecule has 0 saturated heterocycles. The van der Waals surface area contributed by atoms with E-state index >= 15 is 0 Å². The highest BCUT2D eigenvalue weighted by Gasteiger charge is 2.24. The Labute approximate surface area is 113 Å². The van der Waals surface area contributed by atoms with Crippen molar-refractivity contribution in [3.8, 4) is 22.8 Å². The van der Waals surface area contributed by atoms with Gasteiger partial charge in [-0.2, -0.15) is 0 Å². The number of hydrogen-bond donors (Lipinski definition) is 1. The Kier molecular flexibility index (Phi) is 3.03. The van der Waals surface area contributed by atoms with E-state index < -0.39 is 5.97 Å². The highest BCUT2D eigenvalue weighted by atomic mass is 16.7. The van der Waals surface area contributed by atoms with Crippen LogP contribution in [0, 0.1) is 0 Å². The fraction of sp³-hybridized carbons (Fsp3) is 0.231. The summed E-state index contributed by atoms with van der Waals surface area (Å²) in [6.45, 7) is 0.501. The maximum absolute atomic E-state index is 10.9. The summed E-state index contributed by atoms with van der Waals surface area (Å²) in [5.41, 5.74) is 1.16.